The molecule has 0 aliphatic carbocycles. The lowest BCUT2D eigenvalue weighted by molar-refractivity contribution is 0.0695. The summed E-state index contributed by atoms with van der Waals surface area (Å²) in [5, 5.41) is 8.85. The first-order chi connectivity index (χ1) is 14.2. The van der Waals surface area contributed by atoms with Crippen LogP contribution in [0.5, 0.6) is 0 Å². The molecule has 0 spiro atoms. The number of hydrogen-bond donors (Lipinski definition) is 0. The molecule has 2 heterocycles. The maximum Gasteiger partial charge on any atom is 0.275 e. The molecule has 1 aliphatic rings. The first-order valence-corrected chi connectivity index (χ1v) is 9.76. The van der Waals surface area contributed by atoms with Gasteiger partial charge in [0.2, 0.25) is 0 Å². The topological polar surface area (TPSA) is 45.8 Å². The van der Waals surface area contributed by atoms with Crippen LogP contribution < -0.4 is 0 Å². The van der Waals surface area contributed by atoms with E-state index in [9.17, 15) is 4.79 Å². The van der Waals surface area contributed by atoms with Crippen LogP contribution in [0.3, 0.4) is 0 Å². The molecule has 3 aromatic carbocycles. The molecule has 1 aliphatic heterocycles. The molecule has 1 aromatic heterocycles. The smallest absolute Gasteiger partial charge is 0.275 e. The molecule has 0 fully saturated rings. The molecule has 1 atom stereocenters. The number of halogens is 1. The number of fused-ring (bicyclic) bond motifs is 1. The van der Waals surface area contributed by atoms with Crippen LogP contribution in [-0.4, -0.2) is 16.6 Å². The van der Waals surface area contributed by atoms with E-state index in [1.807, 2.05) is 78.9 Å². The minimum atomic E-state index is -0.290. The first kappa shape index (κ1) is 17.7. The lowest BCUT2D eigenvalue weighted by Crippen LogP contribution is -2.27. The Balaban J connectivity index is 1.59. The van der Waals surface area contributed by atoms with E-state index in [4.69, 9.17) is 21.1 Å². The molecule has 0 N–H and O–H groups in total. The van der Waals surface area contributed by atoms with Gasteiger partial charge in [-0.3, -0.25) is 4.79 Å². The zero-order valence-electron chi connectivity index (χ0n) is 15.5. The van der Waals surface area contributed by atoms with Gasteiger partial charge in [-0.05, 0) is 46.7 Å². The summed E-state index contributed by atoms with van der Waals surface area (Å²) in [4.78, 5) is 13.6. The summed E-state index contributed by atoms with van der Waals surface area (Å²) < 4.78 is 5.64. The second-order valence-electron chi connectivity index (χ2n) is 6.97. The van der Waals surface area contributed by atoms with Crippen LogP contribution in [-0.2, 0) is 0 Å². The van der Waals surface area contributed by atoms with E-state index in [1.54, 1.807) is 11.3 Å². The van der Waals surface area contributed by atoms with E-state index in [-0.39, 0.29) is 11.9 Å². The standard InChI is InChI=1S/C24H17ClN2O2/c25-18-12-10-17(11-13-18)21-15-22(23-9-4-14-29-23)27(26-21)24(28)20-8-3-6-16-5-1-2-7-19(16)20/h1-14,22H,15H2/t22-/m0/s1. The number of carbonyl (C=O) groups is 1. The Labute approximate surface area is 173 Å². The third kappa shape index (κ3) is 3.22. The van der Waals surface area contributed by atoms with Crippen LogP contribution in [0, 0.1) is 0 Å². The molecule has 142 valence electrons. The molecule has 1 amide bonds. The summed E-state index contributed by atoms with van der Waals surface area (Å²) in [6.07, 6.45) is 2.20. The predicted molar refractivity (Wildman–Crippen MR) is 114 cm³/mol. The van der Waals surface area contributed by atoms with Crippen molar-refractivity contribution >= 4 is 34.0 Å². The van der Waals surface area contributed by atoms with Gasteiger partial charge in [-0.15, -0.1) is 0 Å². The first-order valence-electron chi connectivity index (χ1n) is 9.39. The fourth-order valence-corrected chi connectivity index (χ4v) is 3.88. The maximum absolute atomic E-state index is 13.6. The molecule has 0 unspecified atom stereocenters. The minimum absolute atomic E-state index is 0.146. The molecule has 4 aromatic rings. The Morgan fingerprint density at radius 1 is 0.966 bits per heavy atom. The molecule has 0 bridgehead atoms. The Kier molecular flexibility index (Phi) is 4.41. The van der Waals surface area contributed by atoms with Crippen LogP contribution >= 0.6 is 11.6 Å². The Bertz CT molecular complexity index is 1210. The van der Waals surface area contributed by atoms with Crippen LogP contribution in [0.2, 0.25) is 5.02 Å². The van der Waals surface area contributed by atoms with Gasteiger partial charge < -0.3 is 4.42 Å². The van der Waals surface area contributed by atoms with Gasteiger partial charge in [-0.1, -0.05) is 60.1 Å². The quantitative estimate of drug-likeness (QED) is 0.418. The highest BCUT2D eigenvalue weighted by molar-refractivity contribution is 6.30. The molecule has 5 rings (SSSR count). The van der Waals surface area contributed by atoms with Crippen LogP contribution in [0.4, 0.5) is 0 Å². The van der Waals surface area contributed by atoms with Crippen LogP contribution in [0.15, 0.2) is 94.6 Å². The molecule has 0 radical (unpaired) electrons. The highest BCUT2D eigenvalue weighted by atomic mass is 35.5. The number of amides is 1. The fourth-order valence-electron chi connectivity index (χ4n) is 3.75. The predicted octanol–water partition coefficient (Wildman–Crippen LogP) is 6.08. The Morgan fingerprint density at radius 2 is 1.76 bits per heavy atom. The molecular weight excluding hydrogens is 384 g/mol. The second-order valence-corrected chi connectivity index (χ2v) is 7.40. The van der Waals surface area contributed by atoms with Gasteiger partial charge in [0, 0.05) is 17.0 Å². The van der Waals surface area contributed by atoms with Gasteiger partial charge >= 0.3 is 0 Å². The molecule has 4 nitrogen and oxygen atoms in total. The number of hydrazone groups is 1. The van der Waals surface area contributed by atoms with E-state index in [0.717, 1.165) is 22.0 Å². The zero-order valence-corrected chi connectivity index (χ0v) is 16.2. The Hall–Kier alpha value is -3.37. The highest BCUT2D eigenvalue weighted by Gasteiger charge is 2.35. The number of carbonyl (C=O) groups excluding carboxylic acids is 1. The van der Waals surface area contributed by atoms with Crippen molar-refractivity contribution in [1.29, 1.82) is 0 Å². The lowest BCUT2D eigenvalue weighted by Gasteiger charge is -2.20. The number of benzene rings is 3. The average Bonchev–Trinajstić information content (AvgIpc) is 3.43. The fraction of sp³-hybridized carbons (Fsp3) is 0.0833. The van der Waals surface area contributed by atoms with Crippen molar-refractivity contribution in [1.82, 2.24) is 5.01 Å². The summed E-state index contributed by atoms with van der Waals surface area (Å²) in [5.41, 5.74) is 2.40. The van der Waals surface area contributed by atoms with E-state index in [2.05, 4.69) is 0 Å². The van der Waals surface area contributed by atoms with Crippen molar-refractivity contribution in [3.8, 4) is 0 Å². The molecule has 0 saturated carbocycles. The normalized spacial score (nSPS) is 16.2. The summed E-state index contributed by atoms with van der Waals surface area (Å²) in [7, 11) is 0. The summed E-state index contributed by atoms with van der Waals surface area (Å²) in [6, 6.07) is 24.6. The van der Waals surface area contributed by atoms with Gasteiger partial charge in [0.25, 0.3) is 5.91 Å². The van der Waals surface area contributed by atoms with Gasteiger partial charge in [0.15, 0.2) is 0 Å². The third-order valence-electron chi connectivity index (χ3n) is 5.19. The van der Waals surface area contributed by atoms with Gasteiger partial charge in [-0.2, -0.15) is 5.10 Å². The Morgan fingerprint density at radius 3 is 2.55 bits per heavy atom. The molecule has 0 saturated heterocycles. The number of nitrogens with zero attached hydrogens (tertiary/aromatic N) is 2. The van der Waals surface area contributed by atoms with Gasteiger partial charge in [0.1, 0.15) is 11.8 Å². The largest absolute Gasteiger partial charge is 0.467 e. The monoisotopic (exact) mass is 400 g/mol. The molecular formula is C24H17ClN2O2. The van der Waals surface area contributed by atoms with Crippen molar-refractivity contribution in [2.24, 2.45) is 5.10 Å². The molecule has 5 heteroatoms. The van der Waals surface area contributed by atoms with E-state index in [1.165, 1.54) is 0 Å². The lowest BCUT2D eigenvalue weighted by atomic mass is 10.0. The summed E-state index contributed by atoms with van der Waals surface area (Å²) in [6.45, 7) is 0. The summed E-state index contributed by atoms with van der Waals surface area (Å²) in [5.74, 6) is 0.568. The second kappa shape index (κ2) is 7.22. The van der Waals surface area contributed by atoms with E-state index in [0.29, 0.717) is 22.8 Å². The van der Waals surface area contributed by atoms with Crippen LogP contribution in [0.25, 0.3) is 10.8 Å². The van der Waals surface area contributed by atoms with Crippen molar-refractivity contribution in [3.63, 3.8) is 0 Å². The third-order valence-corrected chi connectivity index (χ3v) is 5.44. The SMILES string of the molecule is O=C(c1cccc2ccccc12)N1N=C(c2ccc(Cl)cc2)C[C@H]1c1ccco1. The van der Waals surface area contributed by atoms with E-state index >= 15 is 0 Å². The maximum atomic E-state index is 13.6. The number of furan rings is 1. The summed E-state index contributed by atoms with van der Waals surface area (Å²) >= 11 is 6.02. The van der Waals surface area contributed by atoms with Crippen molar-refractivity contribution < 1.29 is 9.21 Å². The van der Waals surface area contributed by atoms with Gasteiger partial charge in [-0.25, -0.2) is 5.01 Å². The number of rotatable bonds is 3. The van der Waals surface area contributed by atoms with E-state index < -0.39 is 0 Å². The minimum Gasteiger partial charge on any atom is -0.467 e. The molecule has 29 heavy (non-hydrogen) atoms. The van der Waals surface area contributed by atoms with Gasteiger partial charge in [0.05, 0.1) is 12.0 Å². The average molecular weight is 401 g/mol. The highest BCUT2D eigenvalue weighted by Crippen LogP contribution is 2.35. The van der Waals surface area contributed by atoms with Crippen molar-refractivity contribution in [2.45, 2.75) is 12.5 Å². The van der Waals surface area contributed by atoms with Crippen molar-refractivity contribution in [3.05, 3.63) is 107 Å². The zero-order chi connectivity index (χ0) is 19.8. The van der Waals surface area contributed by atoms with Crippen LogP contribution in [0.1, 0.15) is 34.1 Å². The number of hydrogen-bond acceptors (Lipinski definition) is 3. The van der Waals surface area contributed by atoms with Crippen molar-refractivity contribution in [2.75, 3.05) is 0 Å².